The van der Waals surface area contributed by atoms with Crippen LogP contribution in [0.25, 0.3) is 0 Å². The normalized spacial score (nSPS) is 14.1. The van der Waals surface area contributed by atoms with Gasteiger partial charge < -0.3 is 28.8 Å². The second kappa shape index (κ2) is 57.2. The average molecular weight is 1080 g/mol. The number of aliphatic hydroxyl groups excluding tert-OH is 1. The van der Waals surface area contributed by atoms with E-state index in [4.69, 9.17) is 9.05 Å². The van der Waals surface area contributed by atoms with Crippen LogP contribution < -0.4 is 10.2 Å². The number of hydrogen-bond donors (Lipinski definition) is 2. The third kappa shape index (κ3) is 60.0. The minimum absolute atomic E-state index is 0.0143. The number of unbranched alkanes of at least 4 members (excludes halogenated alkanes) is 39. The van der Waals surface area contributed by atoms with E-state index in [9.17, 15) is 19.4 Å². The Morgan fingerprint density at radius 1 is 0.480 bits per heavy atom. The minimum Gasteiger partial charge on any atom is -0.756 e. The maximum Gasteiger partial charge on any atom is 0.268 e. The van der Waals surface area contributed by atoms with Crippen LogP contribution in [0, 0.1) is 0 Å². The first kappa shape index (κ1) is 73.5. The van der Waals surface area contributed by atoms with Crippen molar-refractivity contribution in [2.24, 2.45) is 0 Å². The summed E-state index contributed by atoms with van der Waals surface area (Å²) in [7, 11) is 1.32. The second-order valence-corrected chi connectivity index (χ2v) is 24.9. The number of carbonyl (C=O) groups is 1. The van der Waals surface area contributed by atoms with Gasteiger partial charge in [0.05, 0.1) is 39.9 Å². The maximum atomic E-state index is 13.0. The molecule has 0 aromatic carbocycles. The van der Waals surface area contributed by atoms with E-state index >= 15 is 0 Å². The van der Waals surface area contributed by atoms with Crippen LogP contribution in [-0.2, 0) is 18.4 Å². The van der Waals surface area contributed by atoms with Gasteiger partial charge in [0.2, 0.25) is 5.91 Å². The van der Waals surface area contributed by atoms with Crippen LogP contribution >= 0.6 is 7.82 Å². The molecule has 75 heavy (non-hydrogen) atoms. The van der Waals surface area contributed by atoms with Gasteiger partial charge in [0.15, 0.2) is 0 Å². The molecule has 0 aromatic heterocycles. The fourth-order valence-corrected chi connectivity index (χ4v) is 10.5. The molecule has 0 radical (unpaired) electrons. The number of phosphoric ester groups is 1. The topological polar surface area (TPSA) is 108 Å². The number of hydrogen-bond acceptors (Lipinski definition) is 6. The highest BCUT2D eigenvalue weighted by molar-refractivity contribution is 7.45. The zero-order valence-corrected chi connectivity index (χ0v) is 51.4. The maximum absolute atomic E-state index is 13.0. The summed E-state index contributed by atoms with van der Waals surface area (Å²) in [6, 6.07) is -0.797. The molecule has 3 unspecified atom stereocenters. The van der Waals surface area contributed by atoms with Crippen LogP contribution in [-0.4, -0.2) is 68.5 Å². The van der Waals surface area contributed by atoms with Gasteiger partial charge in [-0.15, -0.1) is 0 Å². The van der Waals surface area contributed by atoms with Crippen LogP contribution in [0.1, 0.15) is 316 Å². The van der Waals surface area contributed by atoms with Crippen molar-refractivity contribution in [1.29, 1.82) is 0 Å². The molecule has 0 saturated heterocycles. The van der Waals surface area contributed by atoms with Crippen molar-refractivity contribution in [3.05, 3.63) is 48.6 Å². The fourth-order valence-electron chi connectivity index (χ4n) is 9.80. The molecule has 8 nitrogen and oxygen atoms in total. The van der Waals surface area contributed by atoms with Gasteiger partial charge in [-0.3, -0.25) is 9.36 Å². The number of nitrogens with one attached hydrogen (secondary N) is 1. The standard InChI is InChI=1S/C66H127N2O6P/c1-6-8-10-12-14-16-18-20-21-22-23-24-25-26-27-28-29-30-31-32-33-34-35-36-37-38-39-40-41-42-43-44-45-46-47-48-50-52-54-56-58-60-66(70)67-64(63-74-75(71,72)73-62-61-68(3,4)5)65(69)59-57-55-53-51-49-19-17-15-13-11-9-7-2/h8,10,14,16,20-21,23-24,64-65,69H,6-7,9,11-13,15,17-19,22,25-63H2,1-5H3,(H-,67,70,71,72)/b10-8-,16-14-,21-20-,24-23-. The Balaban J connectivity index is 3.79. The summed E-state index contributed by atoms with van der Waals surface area (Å²) in [6.45, 7) is 4.63. The SMILES string of the molecule is CC/C=C\C/C=C\C/C=C\C/C=C\CCCCCCCCCCCCCCCCCCCCCCCCCCCCCCC(=O)NC(COP(=O)([O-])OCC[N+](C)(C)C)C(O)CCCCCCCCCCCCCC. The molecule has 0 spiro atoms. The van der Waals surface area contributed by atoms with Crippen molar-refractivity contribution in [2.45, 2.75) is 328 Å². The van der Waals surface area contributed by atoms with Gasteiger partial charge in [-0.25, -0.2) is 0 Å². The first-order chi connectivity index (χ1) is 36.5. The lowest BCUT2D eigenvalue weighted by atomic mass is 10.0. The monoisotopic (exact) mass is 1070 g/mol. The number of carbonyl (C=O) groups excluding carboxylic acids is 1. The molecule has 0 aromatic rings. The number of aliphatic hydroxyl groups is 1. The highest BCUT2D eigenvalue weighted by Gasteiger charge is 2.24. The summed E-state index contributed by atoms with van der Waals surface area (Å²) in [4.78, 5) is 25.5. The van der Waals surface area contributed by atoms with E-state index < -0.39 is 20.0 Å². The van der Waals surface area contributed by atoms with E-state index in [0.29, 0.717) is 23.9 Å². The molecule has 0 fully saturated rings. The molecule has 0 bridgehead atoms. The van der Waals surface area contributed by atoms with Gasteiger partial charge in [-0.05, 0) is 51.4 Å². The molecule has 0 aliphatic carbocycles. The summed E-state index contributed by atoms with van der Waals surface area (Å²) >= 11 is 0. The van der Waals surface area contributed by atoms with E-state index in [2.05, 4.69) is 67.8 Å². The van der Waals surface area contributed by atoms with Gasteiger partial charge in [-0.1, -0.05) is 306 Å². The molecule has 0 aliphatic rings. The third-order valence-electron chi connectivity index (χ3n) is 14.8. The number of quaternary nitrogens is 1. The fraction of sp³-hybridized carbons (Fsp3) is 0.864. The van der Waals surface area contributed by atoms with Crippen molar-refractivity contribution in [3.63, 3.8) is 0 Å². The third-order valence-corrected chi connectivity index (χ3v) is 15.8. The quantitative estimate of drug-likeness (QED) is 0.0272. The van der Waals surface area contributed by atoms with Crippen molar-refractivity contribution in [2.75, 3.05) is 40.9 Å². The number of rotatable bonds is 60. The highest BCUT2D eigenvalue weighted by atomic mass is 31.2. The zero-order valence-electron chi connectivity index (χ0n) is 50.5. The molecule has 9 heteroatoms. The highest BCUT2D eigenvalue weighted by Crippen LogP contribution is 2.38. The molecular weight excluding hydrogens is 948 g/mol. The van der Waals surface area contributed by atoms with Crippen LogP contribution in [0.2, 0.25) is 0 Å². The Morgan fingerprint density at radius 3 is 1.19 bits per heavy atom. The Morgan fingerprint density at radius 2 is 0.813 bits per heavy atom. The zero-order chi connectivity index (χ0) is 54.9. The molecular formula is C66H127N2O6P. The summed E-state index contributed by atoms with van der Waals surface area (Å²) in [5.41, 5.74) is 0. The van der Waals surface area contributed by atoms with Crippen molar-refractivity contribution < 1.29 is 32.9 Å². The lowest BCUT2D eigenvalue weighted by Crippen LogP contribution is -2.46. The Hall–Kier alpha value is -1.54. The van der Waals surface area contributed by atoms with E-state index in [1.54, 1.807) is 0 Å². The Labute approximate surface area is 467 Å². The molecule has 0 rings (SSSR count). The van der Waals surface area contributed by atoms with E-state index in [1.807, 2.05) is 21.1 Å². The first-order valence-electron chi connectivity index (χ1n) is 32.5. The number of nitrogens with zero attached hydrogens (tertiary/aromatic N) is 1. The summed E-state index contributed by atoms with van der Waals surface area (Å²) < 4.78 is 23.4. The largest absolute Gasteiger partial charge is 0.756 e. The number of phosphoric acid groups is 1. The molecule has 0 saturated carbocycles. The number of likely N-dealkylation sites (N-methyl/N-ethyl adjacent to an activating group) is 1. The predicted molar refractivity (Wildman–Crippen MR) is 325 cm³/mol. The Bertz CT molecular complexity index is 1360. The van der Waals surface area contributed by atoms with Crippen LogP contribution in [0.4, 0.5) is 0 Å². The molecule has 0 aliphatic heterocycles. The summed E-state index contributed by atoms with van der Waals surface area (Å²) in [6.07, 6.45) is 76.3. The van der Waals surface area contributed by atoms with Gasteiger partial charge in [0, 0.05) is 6.42 Å². The van der Waals surface area contributed by atoms with Gasteiger partial charge in [0.25, 0.3) is 7.82 Å². The predicted octanol–water partition coefficient (Wildman–Crippen LogP) is 19.6. The molecule has 0 heterocycles. The number of allylic oxidation sites excluding steroid dienone is 8. The molecule has 3 atom stereocenters. The Kier molecular flexibility index (Phi) is 56.0. The van der Waals surface area contributed by atoms with Crippen LogP contribution in [0.5, 0.6) is 0 Å². The molecule has 442 valence electrons. The first-order valence-corrected chi connectivity index (χ1v) is 33.9. The van der Waals surface area contributed by atoms with Crippen LogP contribution in [0.3, 0.4) is 0 Å². The molecule has 2 N–H and O–H groups in total. The second-order valence-electron chi connectivity index (χ2n) is 23.4. The minimum atomic E-state index is -4.57. The van der Waals surface area contributed by atoms with Crippen LogP contribution in [0.15, 0.2) is 48.6 Å². The van der Waals surface area contributed by atoms with E-state index in [-0.39, 0.29) is 19.1 Å². The summed E-state index contributed by atoms with van der Waals surface area (Å²) in [5.74, 6) is -0.160. The van der Waals surface area contributed by atoms with E-state index in [1.165, 1.54) is 225 Å². The van der Waals surface area contributed by atoms with Crippen molar-refractivity contribution in [3.8, 4) is 0 Å². The number of amides is 1. The lowest BCUT2D eigenvalue weighted by Gasteiger charge is -2.30. The van der Waals surface area contributed by atoms with Gasteiger partial charge >= 0.3 is 0 Å². The van der Waals surface area contributed by atoms with Gasteiger partial charge in [0.1, 0.15) is 13.2 Å². The van der Waals surface area contributed by atoms with Crippen molar-refractivity contribution in [1.82, 2.24) is 5.32 Å². The summed E-state index contributed by atoms with van der Waals surface area (Å²) in [5, 5.41) is 14.0. The average Bonchev–Trinajstić information content (AvgIpc) is 3.37. The van der Waals surface area contributed by atoms with Crippen molar-refractivity contribution >= 4 is 13.7 Å². The molecule has 1 amide bonds. The van der Waals surface area contributed by atoms with Gasteiger partial charge in [-0.2, -0.15) is 0 Å². The smallest absolute Gasteiger partial charge is 0.268 e. The van der Waals surface area contributed by atoms with E-state index in [0.717, 1.165) is 64.2 Å². The lowest BCUT2D eigenvalue weighted by molar-refractivity contribution is -0.870.